The number of nitrogens with two attached hydrogens (primary N) is 1. The molecular weight excluding hydrogens is 480 g/mol. The van der Waals surface area contributed by atoms with Crippen molar-refractivity contribution in [2.75, 3.05) is 0 Å². The molecule has 1 saturated heterocycles. The summed E-state index contributed by atoms with van der Waals surface area (Å²) in [6, 6.07) is 9.80. The van der Waals surface area contributed by atoms with Crippen molar-refractivity contribution in [2.24, 2.45) is 5.73 Å². The summed E-state index contributed by atoms with van der Waals surface area (Å²) in [7, 11) is 0. The number of rotatable bonds is 7. The van der Waals surface area contributed by atoms with Crippen LogP contribution in [0.4, 0.5) is 0 Å². The van der Waals surface area contributed by atoms with E-state index < -0.39 is 23.8 Å². The largest absolute Gasteiger partial charge is 0.480 e. The van der Waals surface area contributed by atoms with Gasteiger partial charge in [0.05, 0.1) is 4.91 Å². The maximum Gasteiger partial charge on any atom is 0.326 e. The van der Waals surface area contributed by atoms with Gasteiger partial charge in [-0.3, -0.25) is 14.5 Å². The van der Waals surface area contributed by atoms with E-state index in [2.05, 4.69) is 15.9 Å². The third-order valence-electron chi connectivity index (χ3n) is 4.11. The molecule has 0 aliphatic carbocycles. The van der Waals surface area contributed by atoms with E-state index in [1.54, 1.807) is 12.1 Å². The van der Waals surface area contributed by atoms with Gasteiger partial charge in [0.2, 0.25) is 5.91 Å². The molecule has 1 fully saturated rings. The van der Waals surface area contributed by atoms with Crippen LogP contribution >= 0.6 is 39.9 Å². The van der Waals surface area contributed by atoms with Crippen molar-refractivity contribution in [1.29, 1.82) is 0 Å². The van der Waals surface area contributed by atoms with Crippen LogP contribution in [0.1, 0.15) is 18.6 Å². The molecule has 3 N–H and O–H groups in total. The Morgan fingerprint density at radius 2 is 1.97 bits per heavy atom. The third kappa shape index (κ3) is 4.95. The Hall–Kier alpha value is -2.43. The molecule has 1 unspecified atom stereocenters. The van der Waals surface area contributed by atoms with Gasteiger partial charge in [-0.1, -0.05) is 52.0 Å². The molecular formula is C19H15BrN2O5S2. The molecule has 0 saturated carbocycles. The number of carboxylic acid groups (broad SMARTS) is 1. The van der Waals surface area contributed by atoms with E-state index in [1.165, 1.54) is 6.08 Å². The molecule has 1 aromatic carbocycles. The monoisotopic (exact) mass is 494 g/mol. The molecule has 29 heavy (non-hydrogen) atoms. The van der Waals surface area contributed by atoms with Crippen LogP contribution in [0.15, 0.2) is 50.2 Å². The zero-order valence-electron chi connectivity index (χ0n) is 14.8. The summed E-state index contributed by atoms with van der Waals surface area (Å²) in [5.74, 6) is -1.37. The minimum absolute atomic E-state index is 0.109. The Labute approximate surface area is 184 Å². The highest BCUT2D eigenvalue weighted by Gasteiger charge is 2.40. The first kappa shape index (κ1) is 21.3. The van der Waals surface area contributed by atoms with E-state index in [-0.39, 0.29) is 22.1 Å². The SMILES string of the molecule is NC(=O)CCC(C(=O)O)N1C(=O)/C(=C\c2ccc(-c3ccc(Br)cc3)o2)SC1=S. The Kier molecular flexibility index (Phi) is 6.56. The molecule has 2 heterocycles. The van der Waals surface area contributed by atoms with Crippen LogP contribution in [0.5, 0.6) is 0 Å². The zero-order chi connectivity index (χ0) is 21.1. The van der Waals surface area contributed by atoms with Crippen molar-refractivity contribution in [3.8, 4) is 11.3 Å². The molecule has 0 radical (unpaired) electrons. The van der Waals surface area contributed by atoms with Crippen molar-refractivity contribution < 1.29 is 23.9 Å². The lowest BCUT2D eigenvalue weighted by molar-refractivity contribution is -0.145. The number of carbonyl (C=O) groups is 3. The smallest absolute Gasteiger partial charge is 0.326 e. The Morgan fingerprint density at radius 3 is 2.59 bits per heavy atom. The predicted molar refractivity (Wildman–Crippen MR) is 117 cm³/mol. The van der Waals surface area contributed by atoms with Crippen molar-refractivity contribution in [1.82, 2.24) is 4.90 Å². The number of primary amides is 1. The number of benzene rings is 1. The molecule has 1 aliphatic rings. The number of nitrogens with zero attached hydrogens (tertiary/aromatic N) is 1. The van der Waals surface area contributed by atoms with Gasteiger partial charge in [0.15, 0.2) is 0 Å². The van der Waals surface area contributed by atoms with Crippen LogP contribution in [0.3, 0.4) is 0 Å². The zero-order valence-corrected chi connectivity index (χ0v) is 18.1. The first-order chi connectivity index (χ1) is 13.8. The van der Waals surface area contributed by atoms with Crippen molar-refractivity contribution in [3.63, 3.8) is 0 Å². The van der Waals surface area contributed by atoms with Crippen molar-refractivity contribution in [3.05, 3.63) is 51.5 Å². The van der Waals surface area contributed by atoms with Gasteiger partial charge in [0.25, 0.3) is 5.91 Å². The van der Waals surface area contributed by atoms with Gasteiger partial charge in [0, 0.05) is 22.5 Å². The molecule has 2 aromatic rings. The predicted octanol–water partition coefficient (Wildman–Crippen LogP) is 3.63. The summed E-state index contributed by atoms with van der Waals surface area (Å²) in [6.07, 6.45) is 1.25. The fourth-order valence-electron chi connectivity index (χ4n) is 2.72. The summed E-state index contributed by atoms with van der Waals surface area (Å²) >= 11 is 9.56. The molecule has 150 valence electrons. The van der Waals surface area contributed by atoms with Crippen LogP contribution in [0.25, 0.3) is 17.4 Å². The van der Waals surface area contributed by atoms with Crippen LogP contribution in [-0.2, 0) is 14.4 Å². The van der Waals surface area contributed by atoms with Gasteiger partial charge >= 0.3 is 5.97 Å². The summed E-state index contributed by atoms with van der Waals surface area (Å²) in [4.78, 5) is 36.6. The van der Waals surface area contributed by atoms with E-state index in [0.717, 1.165) is 26.7 Å². The number of thiocarbonyl (C=S) groups is 1. The van der Waals surface area contributed by atoms with Gasteiger partial charge in [-0.2, -0.15) is 0 Å². The Balaban J connectivity index is 1.81. The Bertz CT molecular complexity index is 1020. The second kappa shape index (κ2) is 8.93. The number of hydrogen-bond donors (Lipinski definition) is 2. The van der Waals surface area contributed by atoms with Gasteiger partial charge in [-0.25, -0.2) is 4.79 Å². The second-order valence-corrected chi connectivity index (χ2v) is 8.71. The van der Waals surface area contributed by atoms with Gasteiger partial charge in [0.1, 0.15) is 21.9 Å². The molecule has 3 rings (SSSR count). The summed E-state index contributed by atoms with van der Waals surface area (Å²) in [5.41, 5.74) is 5.97. The number of carboxylic acids is 1. The lowest BCUT2D eigenvalue weighted by Gasteiger charge is -2.22. The minimum atomic E-state index is -1.25. The van der Waals surface area contributed by atoms with Gasteiger partial charge < -0.3 is 15.3 Å². The molecule has 1 aliphatic heterocycles. The number of carbonyl (C=O) groups excluding carboxylic acids is 2. The topological polar surface area (TPSA) is 114 Å². The molecule has 1 aromatic heterocycles. The van der Waals surface area contributed by atoms with Gasteiger partial charge in [-0.15, -0.1) is 0 Å². The normalized spacial score (nSPS) is 16.4. The molecule has 0 bridgehead atoms. The highest BCUT2D eigenvalue weighted by atomic mass is 79.9. The fourth-order valence-corrected chi connectivity index (χ4v) is 4.32. The Morgan fingerprint density at radius 1 is 1.28 bits per heavy atom. The molecule has 1 atom stereocenters. The highest BCUT2D eigenvalue weighted by Crippen LogP contribution is 2.35. The van der Waals surface area contributed by atoms with Crippen LogP contribution < -0.4 is 5.73 Å². The second-order valence-electron chi connectivity index (χ2n) is 6.12. The number of thioether (sulfide) groups is 1. The van der Waals surface area contributed by atoms with E-state index in [1.807, 2.05) is 24.3 Å². The summed E-state index contributed by atoms with van der Waals surface area (Å²) < 4.78 is 6.84. The highest BCUT2D eigenvalue weighted by molar-refractivity contribution is 9.10. The van der Waals surface area contributed by atoms with E-state index in [4.69, 9.17) is 22.4 Å². The first-order valence-electron chi connectivity index (χ1n) is 8.40. The molecule has 2 amide bonds. The quantitative estimate of drug-likeness (QED) is 0.446. The van der Waals surface area contributed by atoms with E-state index >= 15 is 0 Å². The fraction of sp³-hybridized carbons (Fsp3) is 0.158. The maximum absolute atomic E-state index is 12.7. The van der Waals surface area contributed by atoms with Crippen molar-refractivity contribution >= 4 is 68.1 Å². The summed E-state index contributed by atoms with van der Waals surface area (Å²) in [6.45, 7) is 0. The number of halogens is 1. The van der Waals surface area contributed by atoms with Crippen LogP contribution in [-0.4, -0.2) is 38.2 Å². The number of hydrogen-bond acceptors (Lipinski definition) is 6. The lowest BCUT2D eigenvalue weighted by Crippen LogP contribution is -2.44. The average molecular weight is 495 g/mol. The van der Waals surface area contributed by atoms with Crippen molar-refractivity contribution in [2.45, 2.75) is 18.9 Å². The molecule has 7 nitrogen and oxygen atoms in total. The van der Waals surface area contributed by atoms with Crippen LogP contribution in [0, 0.1) is 0 Å². The molecule has 0 spiro atoms. The lowest BCUT2D eigenvalue weighted by atomic mass is 10.1. The van der Waals surface area contributed by atoms with Gasteiger partial charge in [-0.05, 0) is 30.7 Å². The standard InChI is InChI=1S/C19H15BrN2O5S2/c20-11-3-1-10(2-4-11)14-7-5-12(27-14)9-15-17(24)22(19(28)29-15)13(18(25)26)6-8-16(21)23/h1-5,7,9,13H,6,8H2,(H2,21,23)(H,25,26)/b15-9+. The molecule has 10 heteroatoms. The number of aliphatic carboxylic acids is 1. The van der Waals surface area contributed by atoms with Crippen LogP contribution in [0.2, 0.25) is 0 Å². The van der Waals surface area contributed by atoms with E-state index in [9.17, 15) is 19.5 Å². The number of furan rings is 1. The third-order valence-corrected chi connectivity index (χ3v) is 5.97. The summed E-state index contributed by atoms with van der Waals surface area (Å²) in [5, 5.41) is 9.45. The average Bonchev–Trinajstić information content (AvgIpc) is 3.22. The maximum atomic E-state index is 12.7. The first-order valence-corrected chi connectivity index (χ1v) is 10.4. The van der Waals surface area contributed by atoms with E-state index in [0.29, 0.717) is 11.5 Å². The minimum Gasteiger partial charge on any atom is -0.480 e. The number of amides is 2.